The lowest BCUT2D eigenvalue weighted by Gasteiger charge is -2.20. The van der Waals surface area contributed by atoms with E-state index >= 15 is 0 Å². The highest BCUT2D eigenvalue weighted by Gasteiger charge is 2.19. The normalized spacial score (nSPS) is 14.0. The van der Waals surface area contributed by atoms with Crippen molar-refractivity contribution in [2.45, 2.75) is 13.0 Å². The fourth-order valence-corrected chi connectivity index (χ4v) is 2.57. The molecule has 5 heteroatoms. The smallest absolute Gasteiger partial charge is 0.251 e. The molecule has 0 fully saturated rings. The highest BCUT2D eigenvalue weighted by molar-refractivity contribution is 5.99. The van der Waals surface area contributed by atoms with E-state index in [0.29, 0.717) is 11.1 Å². The van der Waals surface area contributed by atoms with Gasteiger partial charge in [-0.15, -0.1) is 0 Å². The number of methoxy groups -OCH3 is 1. The predicted octanol–water partition coefficient (Wildman–Crippen LogP) is 3.49. The van der Waals surface area contributed by atoms with E-state index in [1.54, 1.807) is 19.1 Å². The summed E-state index contributed by atoms with van der Waals surface area (Å²) >= 11 is 0. The van der Waals surface area contributed by atoms with E-state index in [2.05, 4.69) is 5.32 Å². The molecule has 24 heavy (non-hydrogen) atoms. The molecule has 1 amide bonds. The second-order valence-corrected chi connectivity index (χ2v) is 5.59. The molecule has 1 aliphatic rings. The molecule has 0 spiro atoms. The number of ether oxygens (including phenoxy) is 2. The number of fused-ring (bicyclic) bond motifs is 1. The standard InChI is InChI=1S/C19H18FNO3/c1-12(13-7-8-18(23-2)16(20)10-13)21-19(22)15-9-14-5-3-4-6-17(14)24-11-15/h3-10,12H,11H2,1-2H3,(H,21,22)/t12-/m1/s1. The highest BCUT2D eigenvalue weighted by atomic mass is 19.1. The number of hydrogen-bond donors (Lipinski definition) is 1. The van der Waals surface area contributed by atoms with Gasteiger partial charge in [0.05, 0.1) is 18.7 Å². The van der Waals surface area contributed by atoms with Crippen LogP contribution in [0.4, 0.5) is 4.39 Å². The minimum atomic E-state index is -0.453. The third kappa shape index (κ3) is 3.25. The Morgan fingerprint density at radius 3 is 2.83 bits per heavy atom. The van der Waals surface area contributed by atoms with E-state index in [9.17, 15) is 9.18 Å². The average Bonchev–Trinajstić information content (AvgIpc) is 2.61. The Balaban J connectivity index is 1.73. The third-order valence-electron chi connectivity index (χ3n) is 3.95. The molecule has 124 valence electrons. The molecule has 2 aromatic carbocycles. The quantitative estimate of drug-likeness (QED) is 0.935. The molecular weight excluding hydrogens is 309 g/mol. The molecule has 3 rings (SSSR count). The summed E-state index contributed by atoms with van der Waals surface area (Å²) in [7, 11) is 1.41. The molecule has 1 heterocycles. The minimum Gasteiger partial charge on any atom is -0.494 e. The van der Waals surface area contributed by atoms with E-state index in [0.717, 1.165) is 11.3 Å². The zero-order valence-corrected chi connectivity index (χ0v) is 13.5. The number of halogens is 1. The number of carbonyl (C=O) groups is 1. The molecule has 0 saturated carbocycles. The SMILES string of the molecule is COc1ccc([C@@H](C)NC(=O)C2=Cc3ccccc3OC2)cc1F. The zero-order valence-electron chi connectivity index (χ0n) is 13.5. The summed E-state index contributed by atoms with van der Waals surface area (Å²) in [6, 6.07) is 11.8. The highest BCUT2D eigenvalue weighted by Crippen LogP contribution is 2.26. The molecule has 1 atom stereocenters. The first-order valence-electron chi connectivity index (χ1n) is 7.65. The molecular formula is C19H18FNO3. The van der Waals surface area contributed by atoms with Gasteiger partial charge >= 0.3 is 0 Å². The van der Waals surface area contributed by atoms with Crippen LogP contribution in [-0.4, -0.2) is 19.6 Å². The molecule has 2 aromatic rings. The maximum absolute atomic E-state index is 13.8. The Hall–Kier alpha value is -2.82. The van der Waals surface area contributed by atoms with Crippen LogP contribution in [0.25, 0.3) is 6.08 Å². The van der Waals surface area contributed by atoms with Gasteiger partial charge in [0.25, 0.3) is 5.91 Å². The summed E-state index contributed by atoms with van der Waals surface area (Å²) in [6.07, 6.45) is 1.81. The van der Waals surface area contributed by atoms with Crippen LogP contribution in [0.3, 0.4) is 0 Å². The number of hydrogen-bond acceptors (Lipinski definition) is 3. The molecule has 1 N–H and O–H groups in total. The van der Waals surface area contributed by atoms with Crippen molar-refractivity contribution in [3.05, 3.63) is 65.0 Å². The predicted molar refractivity (Wildman–Crippen MR) is 89.4 cm³/mol. The van der Waals surface area contributed by atoms with E-state index in [1.807, 2.05) is 30.3 Å². The van der Waals surface area contributed by atoms with Crippen LogP contribution >= 0.6 is 0 Å². The summed E-state index contributed by atoms with van der Waals surface area (Å²) in [5, 5.41) is 2.87. The number of carbonyl (C=O) groups excluding carboxylic acids is 1. The molecule has 4 nitrogen and oxygen atoms in total. The van der Waals surface area contributed by atoms with Crippen molar-refractivity contribution in [3.63, 3.8) is 0 Å². The number of amides is 1. The Kier molecular flexibility index (Phi) is 4.51. The van der Waals surface area contributed by atoms with Gasteiger partial charge in [0.2, 0.25) is 0 Å². The van der Waals surface area contributed by atoms with Crippen LogP contribution in [-0.2, 0) is 4.79 Å². The van der Waals surface area contributed by atoms with Gasteiger partial charge < -0.3 is 14.8 Å². The fourth-order valence-electron chi connectivity index (χ4n) is 2.57. The summed E-state index contributed by atoms with van der Waals surface area (Å²) in [5.41, 5.74) is 2.07. The summed E-state index contributed by atoms with van der Waals surface area (Å²) in [5.74, 6) is 0.259. The molecule has 0 aliphatic carbocycles. The van der Waals surface area contributed by atoms with Crippen LogP contribution in [0.2, 0.25) is 0 Å². The number of benzene rings is 2. The Morgan fingerprint density at radius 1 is 1.29 bits per heavy atom. The van der Waals surface area contributed by atoms with Crippen molar-refractivity contribution >= 4 is 12.0 Å². The van der Waals surface area contributed by atoms with Gasteiger partial charge in [-0.1, -0.05) is 24.3 Å². The van der Waals surface area contributed by atoms with Crippen molar-refractivity contribution in [1.82, 2.24) is 5.32 Å². The molecule has 0 saturated heterocycles. The van der Waals surface area contributed by atoms with Crippen LogP contribution in [0.1, 0.15) is 24.1 Å². The first kappa shape index (κ1) is 16.1. The maximum atomic E-state index is 13.8. The average molecular weight is 327 g/mol. The topological polar surface area (TPSA) is 47.6 Å². The van der Waals surface area contributed by atoms with Crippen LogP contribution in [0.5, 0.6) is 11.5 Å². The summed E-state index contributed by atoms with van der Waals surface area (Å²) in [4.78, 5) is 12.4. The monoisotopic (exact) mass is 327 g/mol. The number of para-hydroxylation sites is 1. The van der Waals surface area contributed by atoms with E-state index in [-0.39, 0.29) is 24.3 Å². The van der Waals surface area contributed by atoms with Gasteiger partial charge in [-0.3, -0.25) is 4.79 Å². The van der Waals surface area contributed by atoms with Crippen LogP contribution in [0.15, 0.2) is 48.0 Å². The molecule has 1 aliphatic heterocycles. The Morgan fingerprint density at radius 2 is 2.08 bits per heavy atom. The molecule has 0 aromatic heterocycles. The second kappa shape index (κ2) is 6.74. The van der Waals surface area contributed by atoms with Gasteiger partial charge in [-0.05, 0) is 36.8 Å². The van der Waals surface area contributed by atoms with Gasteiger partial charge in [-0.25, -0.2) is 4.39 Å². The third-order valence-corrected chi connectivity index (χ3v) is 3.95. The van der Waals surface area contributed by atoms with Crippen molar-refractivity contribution in [1.29, 1.82) is 0 Å². The van der Waals surface area contributed by atoms with Crippen LogP contribution in [0, 0.1) is 5.82 Å². The van der Waals surface area contributed by atoms with E-state index < -0.39 is 5.82 Å². The Bertz CT molecular complexity index is 801. The molecule has 0 unspecified atom stereocenters. The largest absolute Gasteiger partial charge is 0.494 e. The van der Waals surface area contributed by atoms with Crippen molar-refractivity contribution in [3.8, 4) is 11.5 Å². The van der Waals surface area contributed by atoms with Crippen molar-refractivity contribution in [2.75, 3.05) is 13.7 Å². The molecule has 0 radical (unpaired) electrons. The van der Waals surface area contributed by atoms with Crippen molar-refractivity contribution in [2.24, 2.45) is 0 Å². The molecule has 0 bridgehead atoms. The lowest BCUT2D eigenvalue weighted by atomic mass is 10.0. The summed E-state index contributed by atoms with van der Waals surface area (Å²) < 4.78 is 24.3. The van der Waals surface area contributed by atoms with Gasteiger partial charge in [0.1, 0.15) is 12.4 Å². The first-order valence-corrected chi connectivity index (χ1v) is 7.65. The number of rotatable bonds is 4. The Labute approximate surface area is 139 Å². The second-order valence-electron chi connectivity index (χ2n) is 5.59. The van der Waals surface area contributed by atoms with E-state index in [1.165, 1.54) is 13.2 Å². The lowest BCUT2D eigenvalue weighted by molar-refractivity contribution is -0.118. The minimum absolute atomic E-state index is 0.178. The van der Waals surface area contributed by atoms with E-state index in [4.69, 9.17) is 9.47 Å². The van der Waals surface area contributed by atoms with Gasteiger partial charge in [-0.2, -0.15) is 0 Å². The van der Waals surface area contributed by atoms with Crippen LogP contribution < -0.4 is 14.8 Å². The first-order chi connectivity index (χ1) is 11.6. The summed E-state index contributed by atoms with van der Waals surface area (Å²) in [6.45, 7) is 2.02. The number of nitrogens with one attached hydrogen (secondary N) is 1. The maximum Gasteiger partial charge on any atom is 0.251 e. The van der Waals surface area contributed by atoms with Gasteiger partial charge in [0.15, 0.2) is 11.6 Å². The van der Waals surface area contributed by atoms with Gasteiger partial charge in [0, 0.05) is 5.56 Å². The fraction of sp³-hybridized carbons (Fsp3) is 0.211. The van der Waals surface area contributed by atoms with Crippen molar-refractivity contribution < 1.29 is 18.7 Å². The lowest BCUT2D eigenvalue weighted by Crippen LogP contribution is -2.30. The zero-order chi connectivity index (χ0) is 17.1.